The molecule has 16 heavy (non-hydrogen) atoms. The largest absolute Gasteiger partial charge is 0.351 e. The van der Waals surface area contributed by atoms with E-state index in [9.17, 15) is 0 Å². The van der Waals surface area contributed by atoms with Crippen LogP contribution in [0.1, 0.15) is 13.3 Å². The molecule has 3 nitrogen and oxygen atoms in total. The molecule has 0 radical (unpaired) electrons. The van der Waals surface area contributed by atoms with E-state index in [1.165, 1.54) is 6.42 Å². The molecule has 1 aromatic carbocycles. The molecule has 0 aliphatic heterocycles. The van der Waals surface area contributed by atoms with Gasteiger partial charge < -0.3 is 5.32 Å². The van der Waals surface area contributed by atoms with Crippen LogP contribution in [0.15, 0.2) is 28.9 Å². The van der Waals surface area contributed by atoms with Crippen molar-refractivity contribution in [3.05, 3.63) is 28.9 Å². The minimum atomic E-state index is 0.560. The summed E-state index contributed by atoms with van der Waals surface area (Å²) >= 11 is 3.49. The van der Waals surface area contributed by atoms with Crippen molar-refractivity contribution in [2.45, 2.75) is 19.4 Å². The van der Waals surface area contributed by atoms with Crippen molar-refractivity contribution in [3.8, 4) is 0 Å². The maximum Gasteiger partial charge on any atom is 0.223 e. The molecule has 2 atom stereocenters. The van der Waals surface area contributed by atoms with E-state index in [1.54, 1.807) is 0 Å². The Balaban J connectivity index is 1.96. The van der Waals surface area contributed by atoms with E-state index in [0.29, 0.717) is 6.04 Å². The maximum atomic E-state index is 4.50. The van der Waals surface area contributed by atoms with Crippen LogP contribution in [-0.4, -0.2) is 16.0 Å². The summed E-state index contributed by atoms with van der Waals surface area (Å²) in [5.74, 6) is 1.49. The van der Waals surface area contributed by atoms with Gasteiger partial charge >= 0.3 is 0 Å². The van der Waals surface area contributed by atoms with E-state index in [4.69, 9.17) is 0 Å². The Morgan fingerprint density at radius 3 is 3.00 bits per heavy atom. The molecular weight excluding hydrogens is 266 g/mol. The third-order valence-electron chi connectivity index (χ3n) is 3.00. The predicted octanol–water partition coefficient (Wildman–Crippen LogP) is 3.21. The average molecular weight is 278 g/mol. The van der Waals surface area contributed by atoms with E-state index in [2.05, 4.69) is 38.1 Å². The molecule has 1 saturated carbocycles. The lowest BCUT2D eigenvalue weighted by atomic mass is 10.2. The van der Waals surface area contributed by atoms with Crippen molar-refractivity contribution in [2.75, 3.05) is 5.32 Å². The molecule has 0 saturated heterocycles. The van der Waals surface area contributed by atoms with Crippen LogP contribution in [0, 0.1) is 5.92 Å². The Labute approximate surface area is 102 Å². The van der Waals surface area contributed by atoms with Gasteiger partial charge in [0.05, 0.1) is 5.52 Å². The Bertz CT molecular complexity index is 541. The normalized spacial score (nSPS) is 23.4. The minimum absolute atomic E-state index is 0.560. The Morgan fingerprint density at radius 1 is 1.44 bits per heavy atom. The number of aromatic nitrogens is 2. The lowest BCUT2D eigenvalue weighted by Crippen LogP contribution is -2.07. The first-order chi connectivity index (χ1) is 7.74. The number of nitrogens with one attached hydrogen (secondary N) is 1. The van der Waals surface area contributed by atoms with E-state index in [-0.39, 0.29) is 0 Å². The second-order valence-corrected chi connectivity index (χ2v) is 5.18. The summed E-state index contributed by atoms with van der Waals surface area (Å²) in [4.78, 5) is 8.83. The Morgan fingerprint density at radius 2 is 2.25 bits per heavy atom. The first-order valence-corrected chi connectivity index (χ1v) is 6.21. The van der Waals surface area contributed by atoms with Gasteiger partial charge in [0.15, 0.2) is 0 Å². The van der Waals surface area contributed by atoms with Crippen LogP contribution in [0.3, 0.4) is 0 Å². The van der Waals surface area contributed by atoms with E-state index >= 15 is 0 Å². The lowest BCUT2D eigenvalue weighted by molar-refractivity contribution is 0.916. The topological polar surface area (TPSA) is 37.8 Å². The van der Waals surface area contributed by atoms with Crippen LogP contribution >= 0.6 is 15.9 Å². The van der Waals surface area contributed by atoms with Crippen LogP contribution in [0.2, 0.25) is 0 Å². The number of nitrogens with zero attached hydrogens (tertiary/aromatic N) is 2. The third kappa shape index (κ3) is 1.78. The number of rotatable bonds is 2. The zero-order valence-corrected chi connectivity index (χ0v) is 10.5. The highest BCUT2D eigenvalue weighted by Gasteiger charge is 2.32. The standard InChI is InChI=1S/C12H12BrN3/c1-7-5-11(7)16-12-14-6-8-9(13)3-2-4-10(8)15-12/h2-4,6-7,11H,5H2,1H3,(H,14,15,16). The smallest absolute Gasteiger partial charge is 0.223 e. The molecule has 1 heterocycles. The number of fused-ring (bicyclic) bond motifs is 1. The fourth-order valence-corrected chi connectivity index (χ4v) is 2.24. The van der Waals surface area contributed by atoms with Gasteiger partial charge in [-0.1, -0.05) is 28.9 Å². The average Bonchev–Trinajstić information content (AvgIpc) is 2.94. The minimum Gasteiger partial charge on any atom is -0.351 e. The molecule has 1 aromatic heterocycles. The van der Waals surface area contributed by atoms with Crippen LogP contribution in [0.5, 0.6) is 0 Å². The molecule has 0 spiro atoms. The Hall–Kier alpha value is -1.16. The second kappa shape index (κ2) is 3.70. The van der Waals surface area contributed by atoms with E-state index in [1.807, 2.05) is 24.4 Å². The van der Waals surface area contributed by atoms with Crippen molar-refractivity contribution in [3.63, 3.8) is 0 Å². The molecule has 1 N–H and O–H groups in total. The molecule has 82 valence electrons. The second-order valence-electron chi connectivity index (χ2n) is 4.33. The van der Waals surface area contributed by atoms with E-state index in [0.717, 1.165) is 27.2 Å². The number of benzene rings is 1. The van der Waals surface area contributed by atoms with Gasteiger partial charge in [-0.3, -0.25) is 0 Å². The van der Waals surface area contributed by atoms with Crippen LogP contribution < -0.4 is 5.32 Å². The van der Waals surface area contributed by atoms with Crippen molar-refractivity contribution in [2.24, 2.45) is 5.92 Å². The molecule has 2 aromatic rings. The van der Waals surface area contributed by atoms with Crippen molar-refractivity contribution < 1.29 is 0 Å². The third-order valence-corrected chi connectivity index (χ3v) is 3.69. The quantitative estimate of drug-likeness (QED) is 0.916. The molecule has 1 aliphatic rings. The van der Waals surface area contributed by atoms with Gasteiger partial charge in [-0.05, 0) is 24.5 Å². The van der Waals surface area contributed by atoms with Gasteiger partial charge in [0.25, 0.3) is 0 Å². The summed E-state index contributed by atoms with van der Waals surface area (Å²) in [5, 5.41) is 4.39. The number of hydrogen-bond acceptors (Lipinski definition) is 3. The molecule has 2 unspecified atom stereocenters. The zero-order chi connectivity index (χ0) is 11.1. The maximum absolute atomic E-state index is 4.50. The van der Waals surface area contributed by atoms with Gasteiger partial charge in [0.2, 0.25) is 5.95 Å². The van der Waals surface area contributed by atoms with Crippen molar-refractivity contribution in [1.29, 1.82) is 0 Å². The van der Waals surface area contributed by atoms with Gasteiger partial charge in [0.1, 0.15) is 0 Å². The first-order valence-electron chi connectivity index (χ1n) is 5.42. The summed E-state index contributed by atoms with van der Waals surface area (Å²) in [6.45, 7) is 2.23. The first kappa shape index (κ1) is 10.0. The lowest BCUT2D eigenvalue weighted by Gasteiger charge is -2.05. The van der Waals surface area contributed by atoms with Gasteiger partial charge in [0, 0.05) is 22.1 Å². The number of hydrogen-bond donors (Lipinski definition) is 1. The summed E-state index contributed by atoms with van der Waals surface area (Å²) < 4.78 is 1.04. The number of anilines is 1. The number of halogens is 1. The monoisotopic (exact) mass is 277 g/mol. The summed E-state index contributed by atoms with van der Waals surface area (Å²) in [5.41, 5.74) is 0.972. The molecular formula is C12H12BrN3. The SMILES string of the molecule is CC1CC1Nc1ncc2c(Br)cccc2n1. The van der Waals surface area contributed by atoms with Crippen LogP contribution in [0.4, 0.5) is 5.95 Å². The van der Waals surface area contributed by atoms with Gasteiger partial charge in [-0.25, -0.2) is 9.97 Å². The molecule has 1 aliphatic carbocycles. The fourth-order valence-electron chi connectivity index (χ4n) is 1.78. The zero-order valence-electron chi connectivity index (χ0n) is 8.94. The molecule has 1 fully saturated rings. The summed E-state index contributed by atoms with van der Waals surface area (Å²) in [7, 11) is 0. The van der Waals surface area contributed by atoms with Gasteiger partial charge in [-0.15, -0.1) is 0 Å². The fraction of sp³-hybridized carbons (Fsp3) is 0.333. The molecule has 4 heteroatoms. The molecule has 0 bridgehead atoms. The molecule has 3 rings (SSSR count). The van der Waals surface area contributed by atoms with Crippen molar-refractivity contribution in [1.82, 2.24) is 9.97 Å². The highest BCUT2D eigenvalue weighted by Crippen LogP contribution is 2.32. The predicted molar refractivity (Wildman–Crippen MR) is 68.4 cm³/mol. The summed E-state index contributed by atoms with van der Waals surface area (Å²) in [6.07, 6.45) is 3.08. The highest BCUT2D eigenvalue weighted by atomic mass is 79.9. The summed E-state index contributed by atoms with van der Waals surface area (Å²) in [6, 6.07) is 6.55. The van der Waals surface area contributed by atoms with Crippen LogP contribution in [0.25, 0.3) is 10.9 Å². The van der Waals surface area contributed by atoms with Crippen LogP contribution in [-0.2, 0) is 0 Å². The van der Waals surface area contributed by atoms with E-state index < -0.39 is 0 Å². The van der Waals surface area contributed by atoms with Crippen molar-refractivity contribution >= 4 is 32.8 Å². The Kier molecular flexibility index (Phi) is 2.32. The van der Waals surface area contributed by atoms with Gasteiger partial charge in [-0.2, -0.15) is 0 Å². The molecule has 0 amide bonds. The highest BCUT2D eigenvalue weighted by molar-refractivity contribution is 9.10.